The summed E-state index contributed by atoms with van der Waals surface area (Å²) in [5.74, 6) is -1.03. The molecule has 0 bridgehead atoms. The first-order valence-corrected chi connectivity index (χ1v) is 6.80. The Morgan fingerprint density at radius 1 is 1.53 bits per heavy atom. The van der Waals surface area contributed by atoms with E-state index >= 15 is 0 Å². The summed E-state index contributed by atoms with van der Waals surface area (Å²) in [6.07, 6.45) is 1.37. The van der Waals surface area contributed by atoms with Crippen LogP contribution in [0.15, 0.2) is 29.8 Å². The number of rotatable bonds is 5. The van der Waals surface area contributed by atoms with Gasteiger partial charge in [-0.2, -0.15) is 0 Å². The average molecular weight is 277 g/mol. The third-order valence-corrected chi connectivity index (χ3v) is 3.57. The van der Waals surface area contributed by atoms with Gasteiger partial charge in [0.05, 0.1) is 23.4 Å². The Morgan fingerprint density at radius 2 is 2.32 bits per heavy atom. The molecule has 2 aromatic heterocycles. The maximum absolute atomic E-state index is 11.4. The van der Waals surface area contributed by atoms with Gasteiger partial charge < -0.3 is 10.8 Å². The highest BCUT2D eigenvalue weighted by Gasteiger charge is 2.23. The Hall–Kier alpha value is -1.79. The molecule has 0 fully saturated rings. The van der Waals surface area contributed by atoms with Gasteiger partial charge >= 0.3 is 0 Å². The predicted molar refractivity (Wildman–Crippen MR) is 73.6 cm³/mol. The molecule has 0 aromatic carbocycles. The van der Waals surface area contributed by atoms with Gasteiger partial charge in [0.25, 0.3) is 0 Å². The van der Waals surface area contributed by atoms with E-state index in [9.17, 15) is 9.90 Å². The lowest BCUT2D eigenvalue weighted by Crippen LogP contribution is -2.24. The summed E-state index contributed by atoms with van der Waals surface area (Å²) >= 11 is 1.41. The fourth-order valence-corrected chi connectivity index (χ4v) is 2.63. The molecule has 0 aliphatic carbocycles. The first kappa shape index (κ1) is 13.6. The van der Waals surface area contributed by atoms with Crippen LogP contribution in [0.1, 0.15) is 25.0 Å². The van der Waals surface area contributed by atoms with Gasteiger partial charge in [0.2, 0.25) is 5.91 Å². The van der Waals surface area contributed by atoms with Gasteiger partial charge in [-0.05, 0) is 25.5 Å². The molecule has 0 spiro atoms. The smallest absolute Gasteiger partial charge is 0.226 e. The number of thiazole rings is 1. The van der Waals surface area contributed by atoms with Crippen LogP contribution >= 0.6 is 11.3 Å². The number of aliphatic hydroxyl groups excluding tert-OH is 1. The number of carbonyl (C=O) groups is 1. The molecule has 2 atom stereocenters. The van der Waals surface area contributed by atoms with Crippen LogP contribution in [0.2, 0.25) is 0 Å². The third kappa shape index (κ3) is 3.36. The molecule has 100 valence electrons. The summed E-state index contributed by atoms with van der Waals surface area (Å²) in [7, 11) is 0. The number of aromatic nitrogens is 2. The minimum atomic E-state index is -0.600. The van der Waals surface area contributed by atoms with Gasteiger partial charge in [-0.3, -0.25) is 9.78 Å². The fraction of sp³-hybridized carbons (Fsp3) is 0.308. The number of aliphatic hydroxyl groups is 1. The van der Waals surface area contributed by atoms with Crippen molar-refractivity contribution < 1.29 is 9.90 Å². The third-order valence-electron chi connectivity index (χ3n) is 2.68. The Bertz CT molecular complexity index is 554. The van der Waals surface area contributed by atoms with Crippen LogP contribution < -0.4 is 5.73 Å². The maximum atomic E-state index is 11.4. The molecule has 0 saturated heterocycles. The van der Waals surface area contributed by atoms with Crippen molar-refractivity contribution in [3.05, 3.63) is 35.5 Å². The highest BCUT2D eigenvalue weighted by atomic mass is 32.1. The quantitative estimate of drug-likeness (QED) is 0.867. The van der Waals surface area contributed by atoms with Crippen LogP contribution in [0.3, 0.4) is 0 Å². The van der Waals surface area contributed by atoms with Crippen molar-refractivity contribution in [2.45, 2.75) is 25.4 Å². The van der Waals surface area contributed by atoms with Crippen LogP contribution in [0.25, 0.3) is 10.7 Å². The first-order chi connectivity index (χ1) is 9.08. The minimum Gasteiger partial charge on any atom is -0.393 e. The molecule has 1 amide bonds. The highest BCUT2D eigenvalue weighted by molar-refractivity contribution is 7.13. The van der Waals surface area contributed by atoms with Crippen LogP contribution in [0.4, 0.5) is 0 Å². The lowest BCUT2D eigenvalue weighted by molar-refractivity contribution is -0.120. The van der Waals surface area contributed by atoms with Gasteiger partial charge in [0, 0.05) is 11.6 Å². The molecular weight excluding hydrogens is 262 g/mol. The molecular formula is C13H15N3O2S. The minimum absolute atomic E-state index is 0.278. The molecule has 2 heterocycles. The summed E-state index contributed by atoms with van der Waals surface area (Å²) in [5.41, 5.74) is 6.72. The number of hydrogen-bond donors (Lipinski definition) is 2. The van der Waals surface area contributed by atoms with Crippen molar-refractivity contribution >= 4 is 17.2 Å². The normalized spacial score (nSPS) is 14.0. The lowest BCUT2D eigenvalue weighted by Gasteiger charge is -2.12. The van der Waals surface area contributed by atoms with Crippen molar-refractivity contribution in [2.24, 2.45) is 5.73 Å². The largest absolute Gasteiger partial charge is 0.393 e. The van der Waals surface area contributed by atoms with E-state index in [4.69, 9.17) is 5.73 Å². The zero-order valence-electron chi connectivity index (χ0n) is 10.5. The van der Waals surface area contributed by atoms with E-state index in [1.807, 2.05) is 18.2 Å². The summed E-state index contributed by atoms with van der Waals surface area (Å²) in [4.78, 5) is 20.1. The number of hydrogen-bond acceptors (Lipinski definition) is 5. The standard InChI is InChI=1S/C13H15N3O2S/c1-8(17)6-9(12(14)18)11-7-19-13(16-11)10-4-2-3-5-15-10/h2-5,7-9,17H,6H2,1H3,(H2,14,18). The molecule has 0 aliphatic heterocycles. The van der Waals surface area contributed by atoms with Gasteiger partial charge in [-0.25, -0.2) is 4.98 Å². The van der Waals surface area contributed by atoms with Crippen LogP contribution in [-0.4, -0.2) is 27.1 Å². The number of primary amides is 1. The van der Waals surface area contributed by atoms with Gasteiger partial charge in [-0.15, -0.1) is 11.3 Å². The molecule has 3 N–H and O–H groups in total. The van der Waals surface area contributed by atoms with Crippen LogP contribution in [-0.2, 0) is 4.79 Å². The van der Waals surface area contributed by atoms with Crippen molar-refractivity contribution in [3.8, 4) is 10.7 Å². The molecule has 5 nitrogen and oxygen atoms in total. The SMILES string of the molecule is CC(O)CC(C(N)=O)c1csc(-c2ccccn2)n1. The zero-order chi connectivity index (χ0) is 13.8. The second kappa shape index (κ2) is 5.90. The number of nitrogens with zero attached hydrogens (tertiary/aromatic N) is 2. The summed E-state index contributed by atoms with van der Waals surface area (Å²) in [6, 6.07) is 5.57. The Balaban J connectivity index is 2.26. The Morgan fingerprint density at radius 3 is 2.89 bits per heavy atom. The summed E-state index contributed by atoms with van der Waals surface area (Å²) in [5, 5.41) is 11.9. The zero-order valence-corrected chi connectivity index (χ0v) is 11.3. The monoisotopic (exact) mass is 277 g/mol. The van der Waals surface area contributed by atoms with Crippen molar-refractivity contribution in [1.29, 1.82) is 0 Å². The molecule has 6 heteroatoms. The Kier molecular flexibility index (Phi) is 4.24. The van der Waals surface area contributed by atoms with E-state index in [1.54, 1.807) is 18.5 Å². The van der Waals surface area contributed by atoms with Gasteiger partial charge in [0.15, 0.2) is 0 Å². The average Bonchev–Trinajstić information content (AvgIpc) is 2.86. The topological polar surface area (TPSA) is 89.1 Å². The number of amides is 1. The van der Waals surface area contributed by atoms with Crippen LogP contribution in [0, 0.1) is 0 Å². The highest BCUT2D eigenvalue weighted by Crippen LogP contribution is 2.27. The molecule has 2 aromatic rings. The maximum Gasteiger partial charge on any atom is 0.226 e. The Labute approximate surface area is 115 Å². The van der Waals surface area contributed by atoms with Crippen LogP contribution in [0.5, 0.6) is 0 Å². The van der Waals surface area contributed by atoms with E-state index in [1.165, 1.54) is 11.3 Å². The lowest BCUT2D eigenvalue weighted by atomic mass is 9.99. The fourth-order valence-electron chi connectivity index (χ4n) is 1.78. The van der Waals surface area contributed by atoms with E-state index in [2.05, 4.69) is 9.97 Å². The van der Waals surface area contributed by atoms with E-state index in [-0.39, 0.29) is 6.42 Å². The molecule has 0 aliphatic rings. The molecule has 0 radical (unpaired) electrons. The first-order valence-electron chi connectivity index (χ1n) is 5.92. The molecule has 19 heavy (non-hydrogen) atoms. The number of pyridine rings is 1. The molecule has 0 saturated carbocycles. The van der Waals surface area contributed by atoms with E-state index < -0.39 is 17.9 Å². The molecule has 2 rings (SSSR count). The number of nitrogens with two attached hydrogens (primary N) is 1. The predicted octanol–water partition coefficient (Wildman–Crippen LogP) is 1.54. The summed E-state index contributed by atoms with van der Waals surface area (Å²) < 4.78 is 0. The van der Waals surface area contributed by atoms with E-state index in [0.717, 1.165) is 10.7 Å². The second-order valence-corrected chi connectivity index (χ2v) is 5.19. The molecule has 2 unspecified atom stereocenters. The van der Waals surface area contributed by atoms with Crippen molar-refractivity contribution in [2.75, 3.05) is 0 Å². The van der Waals surface area contributed by atoms with Crippen molar-refractivity contribution in [1.82, 2.24) is 9.97 Å². The van der Waals surface area contributed by atoms with E-state index in [0.29, 0.717) is 5.69 Å². The number of carbonyl (C=O) groups excluding carboxylic acids is 1. The van der Waals surface area contributed by atoms with Gasteiger partial charge in [-0.1, -0.05) is 6.07 Å². The second-order valence-electron chi connectivity index (χ2n) is 4.33. The summed E-state index contributed by atoms with van der Waals surface area (Å²) in [6.45, 7) is 1.63. The van der Waals surface area contributed by atoms with Gasteiger partial charge in [0.1, 0.15) is 5.01 Å². The van der Waals surface area contributed by atoms with Crippen molar-refractivity contribution in [3.63, 3.8) is 0 Å².